The molecule has 2 aromatic carbocycles. The number of carbonyl (C=O) groups is 2. The van der Waals surface area contributed by atoms with Crippen LogP contribution in [0.25, 0.3) is 0 Å². The summed E-state index contributed by atoms with van der Waals surface area (Å²) in [5.41, 5.74) is 7.35. The number of carboxylic acid groups (broad SMARTS) is 2. The summed E-state index contributed by atoms with van der Waals surface area (Å²) in [6, 6.07) is 21.4. The maximum absolute atomic E-state index is 14.2. The summed E-state index contributed by atoms with van der Waals surface area (Å²) < 4.78 is 28.4. The van der Waals surface area contributed by atoms with Crippen molar-refractivity contribution in [3.63, 3.8) is 0 Å². The Morgan fingerprint density at radius 2 is 0.911 bits per heavy atom. The minimum atomic E-state index is -0.927. The lowest BCUT2D eigenvalue weighted by molar-refractivity contribution is 0.0684. The highest BCUT2D eigenvalue weighted by Crippen LogP contribution is 2.30. The molecule has 0 saturated carbocycles. The van der Waals surface area contributed by atoms with Crippen molar-refractivity contribution < 1.29 is 28.6 Å². The monoisotopic (exact) mass is 1190 g/mol. The molecule has 2 N–H and O–H groups in total. The van der Waals surface area contributed by atoms with E-state index in [4.69, 9.17) is 23.2 Å². The molecule has 8 rings (SSSR count). The number of aromatic carboxylic acids is 2. The van der Waals surface area contributed by atoms with Crippen LogP contribution >= 0.6 is 60.4 Å². The minimum Gasteiger partial charge on any atom is -0.478 e. The maximum Gasteiger partial charge on any atom is 0.339 e. The van der Waals surface area contributed by atoms with Crippen LogP contribution in [-0.4, -0.2) is 127 Å². The van der Waals surface area contributed by atoms with Crippen molar-refractivity contribution in [2.75, 3.05) is 75.2 Å². The smallest absolute Gasteiger partial charge is 0.339 e. The maximum atomic E-state index is 14.2. The number of rotatable bonds is 20. The molecule has 0 amide bonds. The summed E-state index contributed by atoms with van der Waals surface area (Å²) in [6.45, 7) is 23.3. The molecule has 2 aliphatic heterocycles. The molecule has 6 aromatic rings. The largest absolute Gasteiger partial charge is 0.478 e. The Kier molecular flexibility index (Phi) is 26.5. The standard InChI is InChI=1S/2C29H35ClFN5O2.3ClH/c2*1-4-34(19-24-25(30)6-5-7-26(24)31)18-22-9-8-21(16-33-22)17-35-12-14-36(15-13-35)28-27(29(37)38)23(20(2)3)10-11-32-28;;;/h2*5-11,16,20H,4,12-15,17-19H2,1-3H3,(H,37,38);3*1H. The number of pyridine rings is 4. The first-order valence-electron chi connectivity index (χ1n) is 26.1. The number of anilines is 2. The van der Waals surface area contributed by atoms with E-state index in [2.05, 4.69) is 61.5 Å². The van der Waals surface area contributed by atoms with Crippen molar-refractivity contribution in [1.29, 1.82) is 0 Å². The summed E-state index contributed by atoms with van der Waals surface area (Å²) >= 11 is 12.4. The highest BCUT2D eigenvalue weighted by atomic mass is 35.5. The third-order valence-corrected chi connectivity index (χ3v) is 14.8. The predicted molar refractivity (Wildman–Crippen MR) is 318 cm³/mol. The molecule has 428 valence electrons. The molecule has 0 unspecified atom stereocenters. The number of hydrogen-bond acceptors (Lipinski definition) is 12. The average molecular weight is 1190 g/mol. The number of benzene rings is 2. The highest BCUT2D eigenvalue weighted by Gasteiger charge is 2.28. The molecule has 6 heterocycles. The van der Waals surface area contributed by atoms with Gasteiger partial charge in [0.1, 0.15) is 34.4 Å². The van der Waals surface area contributed by atoms with E-state index in [1.807, 2.05) is 66.1 Å². The van der Waals surface area contributed by atoms with Crippen LogP contribution < -0.4 is 9.80 Å². The van der Waals surface area contributed by atoms with Crippen molar-refractivity contribution in [2.45, 2.75) is 92.6 Å². The van der Waals surface area contributed by atoms with E-state index in [1.165, 1.54) is 12.1 Å². The first kappa shape index (κ1) is 66.2. The minimum absolute atomic E-state index is 0. The van der Waals surface area contributed by atoms with Crippen LogP contribution in [0.5, 0.6) is 0 Å². The van der Waals surface area contributed by atoms with Gasteiger partial charge in [0, 0.05) is 138 Å². The molecule has 0 spiro atoms. The quantitative estimate of drug-likeness (QED) is 0.0747. The van der Waals surface area contributed by atoms with E-state index in [-0.39, 0.29) is 60.7 Å². The van der Waals surface area contributed by atoms with Gasteiger partial charge in [0.25, 0.3) is 0 Å². The predicted octanol–water partition coefficient (Wildman–Crippen LogP) is 12.1. The SMILES string of the molecule is CCN(Cc1ccc(CN2CCN(c3nccc(C(C)C)c3C(=O)O)CC2)cn1)Cc1c(F)cccc1Cl.CCN(Cc1ccc(CN2CCN(c3nccc(C(C)C)c3C(=O)O)CC2)cn1)Cc1c(F)cccc1Cl.Cl.Cl.Cl. The Bertz CT molecular complexity index is 2660. The van der Waals surface area contributed by atoms with Crippen molar-refractivity contribution >= 4 is 84.0 Å². The summed E-state index contributed by atoms with van der Waals surface area (Å²) in [6.07, 6.45) is 7.23. The molecule has 0 radical (unpaired) electrons. The molecular weight excluding hydrogens is 1120 g/mol. The summed E-state index contributed by atoms with van der Waals surface area (Å²) in [7, 11) is 0. The van der Waals surface area contributed by atoms with E-state index < -0.39 is 11.9 Å². The van der Waals surface area contributed by atoms with E-state index in [1.54, 1.807) is 48.8 Å². The van der Waals surface area contributed by atoms with Gasteiger partial charge in [-0.05, 0) is 95.7 Å². The van der Waals surface area contributed by atoms with E-state index in [9.17, 15) is 28.6 Å². The van der Waals surface area contributed by atoms with Gasteiger partial charge in [-0.25, -0.2) is 28.3 Å². The molecule has 21 heteroatoms. The second-order valence-electron chi connectivity index (χ2n) is 20.0. The Morgan fingerprint density at radius 3 is 1.20 bits per heavy atom. The summed E-state index contributed by atoms with van der Waals surface area (Å²) in [5.74, 6) is -1.09. The van der Waals surface area contributed by atoms with Gasteiger partial charge in [0.05, 0.1) is 11.4 Å². The van der Waals surface area contributed by atoms with E-state index in [0.717, 1.165) is 86.0 Å². The first-order valence-corrected chi connectivity index (χ1v) is 26.9. The summed E-state index contributed by atoms with van der Waals surface area (Å²) in [5, 5.41) is 20.6. The zero-order chi connectivity index (χ0) is 54.5. The fourth-order valence-corrected chi connectivity index (χ4v) is 10.1. The van der Waals surface area contributed by atoms with Crippen LogP contribution in [0.4, 0.5) is 20.4 Å². The van der Waals surface area contributed by atoms with Gasteiger partial charge < -0.3 is 20.0 Å². The van der Waals surface area contributed by atoms with Crippen LogP contribution in [0.15, 0.2) is 97.6 Å². The topological polar surface area (TPSA) is 146 Å². The molecule has 0 aliphatic carbocycles. The molecule has 0 bridgehead atoms. The molecule has 79 heavy (non-hydrogen) atoms. The molecule has 0 atom stereocenters. The molecule has 14 nitrogen and oxygen atoms in total. The molecule has 2 saturated heterocycles. The van der Waals surface area contributed by atoms with Crippen LogP contribution in [0.2, 0.25) is 10.0 Å². The third kappa shape index (κ3) is 17.9. The zero-order valence-electron chi connectivity index (χ0n) is 45.6. The van der Waals surface area contributed by atoms with Crippen LogP contribution in [0.1, 0.15) is 119 Å². The lowest BCUT2D eigenvalue weighted by Crippen LogP contribution is -2.46. The Labute approximate surface area is 492 Å². The van der Waals surface area contributed by atoms with Crippen molar-refractivity contribution in [2.24, 2.45) is 0 Å². The van der Waals surface area contributed by atoms with Gasteiger partial charge in [-0.15, -0.1) is 37.2 Å². The van der Waals surface area contributed by atoms with Gasteiger partial charge in [0.2, 0.25) is 0 Å². The lowest BCUT2D eigenvalue weighted by atomic mass is 9.98. The van der Waals surface area contributed by atoms with Gasteiger partial charge >= 0.3 is 11.9 Å². The van der Waals surface area contributed by atoms with Crippen molar-refractivity contribution in [3.05, 3.63) is 175 Å². The number of carboxylic acids is 2. The molecule has 4 aromatic heterocycles. The highest BCUT2D eigenvalue weighted by molar-refractivity contribution is 6.31. The number of piperazine rings is 2. The van der Waals surface area contributed by atoms with E-state index >= 15 is 0 Å². The second kappa shape index (κ2) is 31.7. The lowest BCUT2D eigenvalue weighted by Gasteiger charge is -2.36. The van der Waals surface area contributed by atoms with Crippen molar-refractivity contribution in [1.82, 2.24) is 39.5 Å². The molecular formula is C58H73Cl5F2N10O4. The number of nitrogens with zero attached hydrogens (tertiary/aromatic N) is 10. The summed E-state index contributed by atoms with van der Waals surface area (Å²) in [4.78, 5) is 55.3. The van der Waals surface area contributed by atoms with Crippen molar-refractivity contribution in [3.8, 4) is 0 Å². The average Bonchev–Trinajstić information content (AvgIpc) is 3.41. The Balaban J connectivity index is 0.000000328. The number of hydrogen-bond donors (Lipinski definition) is 2. The normalized spacial score (nSPS) is 13.9. The van der Waals surface area contributed by atoms with Crippen LogP contribution in [0.3, 0.4) is 0 Å². The second-order valence-corrected chi connectivity index (χ2v) is 20.8. The Morgan fingerprint density at radius 1 is 0.544 bits per heavy atom. The van der Waals surface area contributed by atoms with Crippen LogP contribution in [-0.2, 0) is 39.3 Å². The van der Waals surface area contributed by atoms with Crippen LogP contribution in [0, 0.1) is 11.6 Å². The van der Waals surface area contributed by atoms with Gasteiger partial charge in [-0.1, -0.05) is 89.0 Å². The number of aromatic nitrogens is 4. The number of halogens is 7. The van der Waals surface area contributed by atoms with E-state index in [0.29, 0.717) is 96.3 Å². The first-order chi connectivity index (χ1) is 36.5. The van der Waals surface area contributed by atoms with Gasteiger partial charge in [-0.2, -0.15) is 0 Å². The third-order valence-electron chi connectivity index (χ3n) is 14.1. The fraction of sp³-hybridized carbons (Fsp3) is 0.414. The molecule has 2 fully saturated rings. The van der Waals surface area contributed by atoms with Gasteiger partial charge in [0.15, 0.2) is 0 Å². The molecule has 2 aliphatic rings. The Hall–Kier alpha value is -5.27. The van der Waals surface area contributed by atoms with Gasteiger partial charge in [-0.3, -0.25) is 29.6 Å². The fourth-order valence-electron chi connectivity index (χ4n) is 9.68. The zero-order valence-corrected chi connectivity index (χ0v) is 49.6.